The molecule has 6 nitrogen and oxygen atoms in total. The number of thiol groups is 1. The summed E-state index contributed by atoms with van der Waals surface area (Å²) >= 11 is 0. The number of carbonyl (C=O) groups is 1. The summed E-state index contributed by atoms with van der Waals surface area (Å²) in [5.41, 5.74) is 0. The molecule has 0 rings (SSSR count). The van der Waals surface area contributed by atoms with Crippen molar-refractivity contribution in [1.29, 1.82) is 0 Å². The molecule has 1 unspecified atom stereocenters. The van der Waals surface area contributed by atoms with Crippen LogP contribution in [0.4, 0.5) is 0 Å². The quantitative estimate of drug-likeness (QED) is 0.484. The van der Waals surface area contributed by atoms with Gasteiger partial charge in [-0.25, -0.2) is 8.42 Å². The molecule has 0 aliphatic rings. The van der Waals surface area contributed by atoms with E-state index in [-0.39, 0.29) is 5.92 Å². The lowest BCUT2D eigenvalue weighted by Gasteiger charge is -2.22. The number of carboxylic acid groups (broad SMARTS) is 1. The minimum absolute atomic E-state index is 0.145. The van der Waals surface area contributed by atoms with Gasteiger partial charge in [0.05, 0.1) is 0 Å². The topological polar surface area (TPSA) is 83.9 Å². The van der Waals surface area contributed by atoms with Crippen LogP contribution in [-0.2, 0) is 20.1 Å². The molecule has 1 N–H and O–H groups in total. The fraction of sp³-hybridized carbons (Fsp3) is 0.857. The summed E-state index contributed by atoms with van der Waals surface area (Å²) in [5.74, 6) is -0.954. The molecule has 0 bridgehead atoms. The van der Waals surface area contributed by atoms with Gasteiger partial charge >= 0.3 is 5.97 Å². The third-order valence-corrected chi connectivity index (χ3v) is 2.01. The zero-order chi connectivity index (χ0) is 11.3. The number of carboxylic acids is 1. The largest absolute Gasteiger partial charge is 0.480 e. The maximum atomic E-state index is 10.7. The van der Waals surface area contributed by atoms with Gasteiger partial charge < -0.3 is 5.11 Å². The predicted octanol–water partition coefficient (Wildman–Crippen LogP) is -0.124. The van der Waals surface area contributed by atoms with Crippen molar-refractivity contribution in [3.63, 3.8) is 0 Å². The Bertz CT molecular complexity index is 255. The Labute approximate surface area is 84.6 Å². The average Bonchev–Trinajstić information content (AvgIpc) is 1.97. The van der Waals surface area contributed by atoms with Crippen LogP contribution in [0.15, 0.2) is 0 Å². The molecule has 84 valence electrons. The summed E-state index contributed by atoms with van der Waals surface area (Å²) in [4.78, 5) is 10.7. The van der Waals surface area contributed by atoms with E-state index in [9.17, 15) is 13.2 Å². The highest BCUT2D eigenvalue weighted by atomic mass is 32.2. The molecule has 0 radical (unpaired) electrons. The van der Waals surface area contributed by atoms with Crippen LogP contribution >= 0.6 is 0 Å². The number of hydrogen-bond donors (Lipinski definition) is 2. The van der Waals surface area contributed by atoms with Gasteiger partial charge in [0.1, 0.15) is 6.04 Å². The van der Waals surface area contributed by atoms with Crippen LogP contribution in [-0.4, -0.2) is 37.6 Å². The third kappa shape index (κ3) is 5.15. The van der Waals surface area contributed by atoms with E-state index in [0.29, 0.717) is 6.42 Å². The van der Waals surface area contributed by atoms with Gasteiger partial charge in [-0.05, 0) is 12.3 Å². The van der Waals surface area contributed by atoms with E-state index in [1.807, 2.05) is 13.8 Å². The number of hydrogen-bond acceptors (Lipinski definition) is 5. The second-order valence-electron chi connectivity index (χ2n) is 3.34. The Morgan fingerprint density at radius 2 is 2.00 bits per heavy atom. The summed E-state index contributed by atoms with van der Waals surface area (Å²) < 4.78 is 24.7. The van der Waals surface area contributed by atoms with Gasteiger partial charge in [0.15, 0.2) is 0 Å². The maximum Gasteiger partial charge on any atom is 0.323 e. The molecule has 0 aromatic carbocycles. The smallest absolute Gasteiger partial charge is 0.323 e. The van der Waals surface area contributed by atoms with Crippen molar-refractivity contribution in [3.8, 4) is 0 Å². The molecule has 0 saturated heterocycles. The molecule has 1 atom stereocenters. The minimum Gasteiger partial charge on any atom is -0.480 e. The van der Waals surface area contributed by atoms with Gasteiger partial charge in [-0.2, -0.15) is 9.35 Å². The lowest BCUT2D eigenvalue weighted by molar-refractivity contribution is -0.156. The van der Waals surface area contributed by atoms with Crippen LogP contribution in [0, 0.1) is 5.92 Å². The van der Waals surface area contributed by atoms with Crippen molar-refractivity contribution >= 4 is 17.0 Å². The first kappa shape index (κ1) is 13.3. The Balaban J connectivity index is 4.40. The fourth-order valence-electron chi connectivity index (χ4n) is 1.01. The van der Waals surface area contributed by atoms with Crippen LogP contribution in [0.25, 0.3) is 0 Å². The zero-order valence-corrected chi connectivity index (χ0v) is 9.23. The summed E-state index contributed by atoms with van der Waals surface area (Å²) in [5, 5.41) is 9.63. The highest BCUT2D eigenvalue weighted by molar-refractivity contribution is 7.67. The van der Waals surface area contributed by atoms with Crippen LogP contribution in [0.5, 0.6) is 0 Å². The Morgan fingerprint density at radius 3 is 2.29 bits per heavy atom. The van der Waals surface area contributed by atoms with Gasteiger partial charge in [-0.3, -0.25) is 4.79 Å². The van der Waals surface area contributed by atoms with Gasteiger partial charge in [-0.15, -0.1) is 0 Å². The predicted molar refractivity (Wildman–Crippen MR) is 50.0 cm³/mol. The molecule has 0 heterocycles. The summed E-state index contributed by atoms with van der Waals surface area (Å²) in [6, 6.07) is -0.942. The van der Waals surface area contributed by atoms with E-state index in [0.717, 1.165) is 5.06 Å². The molecule has 14 heavy (non-hydrogen) atoms. The minimum atomic E-state index is -3.06. The van der Waals surface area contributed by atoms with E-state index >= 15 is 0 Å². The molecule has 0 aromatic heterocycles. The number of aliphatic carboxylic acids is 1. The lowest BCUT2D eigenvalue weighted by atomic mass is 10.0. The highest BCUT2D eigenvalue weighted by Gasteiger charge is 2.25. The third-order valence-electron chi connectivity index (χ3n) is 1.61. The first-order valence-electron chi connectivity index (χ1n) is 4.12. The van der Waals surface area contributed by atoms with Crippen LogP contribution in [0.3, 0.4) is 0 Å². The van der Waals surface area contributed by atoms with Crippen LogP contribution < -0.4 is 0 Å². The Hall–Kier alpha value is -0.660. The summed E-state index contributed by atoms with van der Waals surface area (Å²) in [7, 11) is -1.78. The molecular formula is C7H15NO5S. The fourth-order valence-corrected chi connectivity index (χ4v) is 1.34. The lowest BCUT2D eigenvalue weighted by Crippen LogP contribution is -2.39. The second kappa shape index (κ2) is 5.94. The molecule has 0 fully saturated rings. The van der Waals surface area contributed by atoms with E-state index in [4.69, 9.17) is 5.11 Å². The highest BCUT2D eigenvalue weighted by Crippen LogP contribution is 2.10. The van der Waals surface area contributed by atoms with Crippen molar-refractivity contribution in [2.45, 2.75) is 26.3 Å². The van der Waals surface area contributed by atoms with Crippen molar-refractivity contribution < 1.29 is 22.6 Å². The van der Waals surface area contributed by atoms with E-state index in [1.165, 1.54) is 7.05 Å². The SMILES string of the molecule is CC(C)CC(C(=O)O)N(C)O[SH](=O)=O. The van der Waals surface area contributed by atoms with Crippen molar-refractivity contribution in [1.82, 2.24) is 5.06 Å². The molecule has 0 aromatic rings. The van der Waals surface area contributed by atoms with Gasteiger partial charge in [0.25, 0.3) is 11.0 Å². The second-order valence-corrected chi connectivity index (χ2v) is 3.95. The Morgan fingerprint density at radius 1 is 1.50 bits per heavy atom. The van der Waals surface area contributed by atoms with Crippen LogP contribution in [0.2, 0.25) is 0 Å². The monoisotopic (exact) mass is 225 g/mol. The molecular weight excluding hydrogens is 210 g/mol. The maximum absolute atomic E-state index is 10.7. The van der Waals surface area contributed by atoms with Crippen LogP contribution in [0.1, 0.15) is 20.3 Å². The number of rotatable bonds is 6. The normalized spacial score (nSPS) is 13.9. The van der Waals surface area contributed by atoms with Crippen molar-refractivity contribution in [2.75, 3.05) is 7.05 Å². The number of likely N-dealkylation sites (N-methyl/N-ethyl adjacent to an activating group) is 1. The molecule has 0 saturated carbocycles. The summed E-state index contributed by atoms with van der Waals surface area (Å²) in [6.45, 7) is 3.70. The standard InChI is InChI=1S/C7H15NO5S/c1-5(2)4-6(7(9)10)8(3)13-14(11)12/h5-6,14H,4H2,1-3H3,(H,9,10). The summed E-state index contributed by atoms with van der Waals surface area (Å²) in [6.07, 6.45) is 0.328. The number of hydroxylamine groups is 2. The van der Waals surface area contributed by atoms with Gasteiger partial charge in [0.2, 0.25) is 0 Å². The Kier molecular flexibility index (Phi) is 5.66. The molecule has 0 aliphatic carbocycles. The van der Waals surface area contributed by atoms with E-state index in [1.54, 1.807) is 0 Å². The molecule has 7 heteroatoms. The number of nitrogens with zero attached hydrogens (tertiary/aromatic N) is 1. The molecule has 0 spiro atoms. The van der Waals surface area contributed by atoms with Gasteiger partial charge in [0, 0.05) is 7.05 Å². The zero-order valence-electron chi connectivity index (χ0n) is 8.34. The van der Waals surface area contributed by atoms with E-state index < -0.39 is 23.0 Å². The first-order valence-corrected chi connectivity index (χ1v) is 5.22. The average molecular weight is 225 g/mol. The van der Waals surface area contributed by atoms with Gasteiger partial charge in [-0.1, -0.05) is 13.8 Å². The first-order chi connectivity index (χ1) is 6.34. The van der Waals surface area contributed by atoms with Crippen molar-refractivity contribution in [2.24, 2.45) is 5.92 Å². The molecule has 0 amide bonds. The van der Waals surface area contributed by atoms with Crippen molar-refractivity contribution in [3.05, 3.63) is 0 Å². The molecule has 0 aliphatic heterocycles. The van der Waals surface area contributed by atoms with E-state index in [2.05, 4.69) is 4.28 Å².